The summed E-state index contributed by atoms with van der Waals surface area (Å²) in [5.41, 5.74) is -1.64. The zero-order valence-corrected chi connectivity index (χ0v) is 10.7. The van der Waals surface area contributed by atoms with Crippen molar-refractivity contribution in [2.24, 2.45) is 0 Å². The van der Waals surface area contributed by atoms with Crippen LogP contribution in [-0.4, -0.2) is 11.5 Å². The van der Waals surface area contributed by atoms with Crippen molar-refractivity contribution in [3.05, 3.63) is 44.8 Å². The van der Waals surface area contributed by atoms with Gasteiger partial charge in [-0.2, -0.15) is 13.2 Å². The maximum Gasteiger partial charge on any atom is 0.417 e. The molecule has 0 aliphatic rings. The molecule has 18 heavy (non-hydrogen) atoms. The van der Waals surface area contributed by atoms with Gasteiger partial charge in [0.2, 0.25) is 0 Å². The number of fused-ring (bicyclic) bond motifs is 1. The van der Waals surface area contributed by atoms with Gasteiger partial charge in [-0.05, 0) is 28.1 Å². The zero-order valence-electron chi connectivity index (χ0n) is 9.08. The molecule has 7 heteroatoms. The number of halogens is 4. The van der Waals surface area contributed by atoms with Crippen LogP contribution in [0.2, 0.25) is 0 Å². The molecule has 2 rings (SSSR count). The monoisotopic (exact) mass is 321 g/mol. The van der Waals surface area contributed by atoms with Crippen molar-refractivity contribution < 1.29 is 17.9 Å². The van der Waals surface area contributed by atoms with Crippen LogP contribution in [-0.2, 0) is 6.18 Å². The summed E-state index contributed by atoms with van der Waals surface area (Å²) in [4.78, 5) is 11.8. The molecule has 0 amide bonds. The van der Waals surface area contributed by atoms with E-state index in [4.69, 9.17) is 4.74 Å². The maximum absolute atomic E-state index is 12.7. The molecule has 2 heterocycles. The molecule has 0 fully saturated rings. The van der Waals surface area contributed by atoms with Gasteiger partial charge in [0.15, 0.2) is 0 Å². The number of methoxy groups -OCH3 is 1. The van der Waals surface area contributed by atoms with E-state index in [0.29, 0.717) is 5.75 Å². The van der Waals surface area contributed by atoms with Crippen molar-refractivity contribution in [1.82, 2.24) is 4.40 Å². The first-order chi connectivity index (χ1) is 8.34. The van der Waals surface area contributed by atoms with E-state index in [9.17, 15) is 18.0 Å². The van der Waals surface area contributed by atoms with Crippen LogP contribution in [0.3, 0.4) is 0 Å². The highest BCUT2D eigenvalue weighted by molar-refractivity contribution is 9.10. The van der Waals surface area contributed by atoms with E-state index in [1.165, 1.54) is 25.4 Å². The molecule has 0 spiro atoms. The first-order valence-corrected chi connectivity index (χ1v) is 5.60. The van der Waals surface area contributed by atoms with Crippen LogP contribution in [0.1, 0.15) is 5.56 Å². The second kappa shape index (κ2) is 4.31. The molecule has 0 saturated heterocycles. The molecule has 0 bridgehead atoms. The third kappa shape index (κ3) is 2.10. The van der Waals surface area contributed by atoms with Crippen molar-refractivity contribution in [1.29, 1.82) is 0 Å². The van der Waals surface area contributed by atoms with E-state index in [1.807, 2.05) is 0 Å². The third-order valence-corrected chi connectivity index (χ3v) is 3.20. The van der Waals surface area contributed by atoms with Crippen LogP contribution >= 0.6 is 15.9 Å². The molecular weight excluding hydrogens is 315 g/mol. The number of pyridine rings is 2. The van der Waals surface area contributed by atoms with E-state index in [0.717, 1.165) is 10.5 Å². The number of alkyl halides is 3. The Balaban J connectivity index is 2.84. The van der Waals surface area contributed by atoms with Gasteiger partial charge >= 0.3 is 6.18 Å². The van der Waals surface area contributed by atoms with Crippen molar-refractivity contribution in [2.75, 3.05) is 7.11 Å². The van der Waals surface area contributed by atoms with E-state index in [-0.39, 0.29) is 5.52 Å². The maximum atomic E-state index is 12.7. The fraction of sp³-hybridized carbons (Fsp3) is 0.182. The topological polar surface area (TPSA) is 30.7 Å². The van der Waals surface area contributed by atoms with Crippen molar-refractivity contribution >= 4 is 21.4 Å². The molecule has 96 valence electrons. The van der Waals surface area contributed by atoms with Crippen molar-refractivity contribution in [3.63, 3.8) is 0 Å². The summed E-state index contributed by atoms with van der Waals surface area (Å²) < 4.78 is 43.7. The van der Waals surface area contributed by atoms with Gasteiger partial charge in [0.1, 0.15) is 5.75 Å². The summed E-state index contributed by atoms with van der Waals surface area (Å²) in [5.74, 6) is 0.379. The van der Waals surface area contributed by atoms with Gasteiger partial charge in [0.25, 0.3) is 5.56 Å². The molecule has 0 unspecified atom stereocenters. The smallest absolute Gasteiger partial charge is 0.417 e. The predicted molar refractivity (Wildman–Crippen MR) is 62.9 cm³/mol. The number of nitrogens with zero attached hydrogens (tertiary/aromatic N) is 1. The van der Waals surface area contributed by atoms with Crippen molar-refractivity contribution in [2.45, 2.75) is 6.18 Å². The second-order valence-electron chi connectivity index (χ2n) is 3.54. The first-order valence-electron chi connectivity index (χ1n) is 4.80. The molecule has 3 nitrogen and oxygen atoms in total. The Hall–Kier alpha value is -1.50. The number of hydrogen-bond donors (Lipinski definition) is 0. The molecular formula is C11H7BrF3NO2. The molecule has 0 N–H and O–H groups in total. The van der Waals surface area contributed by atoms with Crippen LogP contribution in [0.4, 0.5) is 13.2 Å². The predicted octanol–water partition coefficient (Wildman–Crippen LogP) is 3.09. The van der Waals surface area contributed by atoms with E-state index >= 15 is 0 Å². The minimum absolute atomic E-state index is 0.120. The van der Waals surface area contributed by atoms with Crippen LogP contribution in [0.5, 0.6) is 5.75 Å². The number of hydrogen-bond acceptors (Lipinski definition) is 2. The highest BCUT2D eigenvalue weighted by Gasteiger charge is 2.34. The Labute approximate surface area is 108 Å². The lowest BCUT2D eigenvalue weighted by molar-refractivity contribution is -0.138. The average molecular weight is 322 g/mol. The van der Waals surface area contributed by atoms with Gasteiger partial charge in [0.05, 0.1) is 22.7 Å². The highest BCUT2D eigenvalue weighted by Crippen LogP contribution is 2.34. The van der Waals surface area contributed by atoms with Crippen LogP contribution in [0, 0.1) is 0 Å². The average Bonchev–Trinajstić information content (AvgIpc) is 2.31. The molecule has 0 atom stereocenters. The Morgan fingerprint density at radius 1 is 1.33 bits per heavy atom. The minimum Gasteiger partial charge on any atom is -0.497 e. The lowest BCUT2D eigenvalue weighted by atomic mass is 10.2. The summed E-state index contributed by atoms with van der Waals surface area (Å²) in [6.07, 6.45) is -3.22. The Kier molecular flexibility index (Phi) is 3.10. The number of aromatic nitrogens is 1. The molecule has 0 saturated carbocycles. The molecule has 2 aromatic heterocycles. The lowest BCUT2D eigenvalue weighted by Crippen LogP contribution is -2.20. The Morgan fingerprint density at radius 3 is 2.56 bits per heavy atom. The van der Waals surface area contributed by atoms with Gasteiger partial charge in [-0.3, -0.25) is 9.20 Å². The standard InChI is InChI=1S/C11H7BrF3NO2/c1-18-7-2-3-16-6(4-7)5-8(11(13,14)15)9(12)10(16)17/h2-5H,1H3. The Bertz CT molecular complexity index is 664. The van der Waals surface area contributed by atoms with Crippen LogP contribution in [0.25, 0.3) is 5.52 Å². The number of rotatable bonds is 1. The first kappa shape index (κ1) is 12.9. The molecule has 0 aromatic carbocycles. The summed E-state index contributed by atoms with van der Waals surface area (Å²) in [6.45, 7) is 0. The molecule has 0 aliphatic carbocycles. The van der Waals surface area contributed by atoms with Gasteiger partial charge in [-0.1, -0.05) is 0 Å². The molecule has 0 aliphatic heterocycles. The van der Waals surface area contributed by atoms with Gasteiger partial charge in [-0.25, -0.2) is 0 Å². The third-order valence-electron chi connectivity index (χ3n) is 2.43. The normalized spacial score (nSPS) is 11.8. The van der Waals surface area contributed by atoms with E-state index in [1.54, 1.807) is 0 Å². The van der Waals surface area contributed by atoms with Crippen molar-refractivity contribution in [3.8, 4) is 5.75 Å². The quantitative estimate of drug-likeness (QED) is 0.808. The minimum atomic E-state index is -4.59. The van der Waals surface area contributed by atoms with E-state index < -0.39 is 21.8 Å². The molecule has 2 aromatic rings. The molecule has 0 radical (unpaired) electrons. The van der Waals surface area contributed by atoms with Crippen LogP contribution in [0.15, 0.2) is 33.7 Å². The number of ether oxygens (including phenoxy) is 1. The fourth-order valence-electron chi connectivity index (χ4n) is 1.56. The lowest BCUT2D eigenvalue weighted by Gasteiger charge is -2.11. The SMILES string of the molecule is COc1ccn2c(=O)c(Br)c(C(F)(F)F)cc2c1. The van der Waals surface area contributed by atoms with Gasteiger partial charge in [-0.15, -0.1) is 0 Å². The summed E-state index contributed by atoms with van der Waals surface area (Å²) >= 11 is 2.69. The second-order valence-corrected chi connectivity index (χ2v) is 4.33. The van der Waals surface area contributed by atoms with Crippen LogP contribution < -0.4 is 10.3 Å². The summed E-state index contributed by atoms with van der Waals surface area (Å²) in [6, 6.07) is 3.76. The highest BCUT2D eigenvalue weighted by atomic mass is 79.9. The zero-order chi connectivity index (χ0) is 13.5. The Morgan fingerprint density at radius 2 is 2.00 bits per heavy atom. The fourth-order valence-corrected chi connectivity index (χ4v) is 2.09. The largest absolute Gasteiger partial charge is 0.497 e. The van der Waals surface area contributed by atoms with Gasteiger partial charge < -0.3 is 4.74 Å². The van der Waals surface area contributed by atoms with E-state index in [2.05, 4.69) is 15.9 Å². The summed E-state index contributed by atoms with van der Waals surface area (Å²) in [7, 11) is 1.40. The summed E-state index contributed by atoms with van der Waals surface area (Å²) in [5, 5.41) is 0. The van der Waals surface area contributed by atoms with Gasteiger partial charge in [0, 0.05) is 12.3 Å².